The van der Waals surface area contributed by atoms with Crippen LogP contribution in [0, 0.1) is 0 Å². The summed E-state index contributed by atoms with van der Waals surface area (Å²) >= 11 is 0. The molecule has 0 unspecified atom stereocenters. The van der Waals surface area contributed by atoms with Crippen LogP contribution in [0.3, 0.4) is 0 Å². The molecule has 0 spiro atoms. The summed E-state index contributed by atoms with van der Waals surface area (Å²) in [6, 6.07) is 7.60. The highest BCUT2D eigenvalue weighted by atomic mass is 16.3. The number of hydrogen-bond acceptors (Lipinski definition) is 3. The molecule has 3 N–H and O–H groups in total. The molecular formula is C8H8N2O. The van der Waals surface area contributed by atoms with E-state index in [1.807, 2.05) is 24.3 Å². The Labute approximate surface area is 63.6 Å². The van der Waals surface area contributed by atoms with Gasteiger partial charge in [0.15, 0.2) is 0 Å². The van der Waals surface area contributed by atoms with Gasteiger partial charge in [0.1, 0.15) is 0 Å². The third-order valence-corrected chi connectivity index (χ3v) is 1.63. The number of benzene rings is 1. The second-order valence-electron chi connectivity index (χ2n) is 2.35. The van der Waals surface area contributed by atoms with E-state index in [0.29, 0.717) is 0 Å². The van der Waals surface area contributed by atoms with Crippen molar-refractivity contribution in [1.82, 2.24) is 10.9 Å². The van der Waals surface area contributed by atoms with Gasteiger partial charge in [-0.05, 0) is 6.07 Å². The second-order valence-corrected chi connectivity index (χ2v) is 2.35. The first-order valence-corrected chi connectivity index (χ1v) is 3.38. The summed E-state index contributed by atoms with van der Waals surface area (Å²) in [5, 5.41) is 11.1. The fourth-order valence-corrected chi connectivity index (χ4v) is 1.09. The first-order valence-electron chi connectivity index (χ1n) is 3.38. The van der Waals surface area contributed by atoms with Crippen LogP contribution >= 0.6 is 0 Å². The van der Waals surface area contributed by atoms with Crippen LogP contribution < -0.4 is 21.3 Å². The summed E-state index contributed by atoms with van der Waals surface area (Å²) in [7, 11) is 0. The molecule has 1 aliphatic rings. The van der Waals surface area contributed by atoms with Crippen LogP contribution in [0.2, 0.25) is 0 Å². The van der Waals surface area contributed by atoms with Crippen molar-refractivity contribution >= 4 is 12.1 Å². The zero-order chi connectivity index (χ0) is 7.68. The van der Waals surface area contributed by atoms with Crippen LogP contribution in [0.5, 0.6) is 0 Å². The van der Waals surface area contributed by atoms with Crippen molar-refractivity contribution in [3.05, 3.63) is 34.7 Å². The van der Waals surface area contributed by atoms with Crippen LogP contribution in [-0.4, -0.2) is 5.11 Å². The molecule has 0 atom stereocenters. The number of hydrazine groups is 1. The van der Waals surface area contributed by atoms with E-state index in [4.69, 9.17) is 0 Å². The van der Waals surface area contributed by atoms with Gasteiger partial charge >= 0.3 is 0 Å². The average Bonchev–Trinajstić information content (AvgIpc) is 2.06. The molecule has 0 fully saturated rings. The third kappa shape index (κ3) is 0.902. The van der Waals surface area contributed by atoms with Gasteiger partial charge in [-0.1, -0.05) is 18.2 Å². The molecule has 1 aromatic rings. The second kappa shape index (κ2) is 2.20. The van der Waals surface area contributed by atoms with E-state index in [1.165, 1.54) is 0 Å². The normalized spacial score (nSPS) is 14.0. The molecule has 0 amide bonds. The summed E-state index contributed by atoms with van der Waals surface area (Å²) < 4.78 is 0. The molecule has 0 bridgehead atoms. The van der Waals surface area contributed by atoms with Crippen molar-refractivity contribution in [3.63, 3.8) is 0 Å². The fraction of sp³-hybridized carbons (Fsp3) is 0. The van der Waals surface area contributed by atoms with Gasteiger partial charge in [0.2, 0.25) is 5.88 Å². The Balaban J connectivity index is 2.89. The van der Waals surface area contributed by atoms with Crippen LogP contribution in [0.1, 0.15) is 0 Å². The van der Waals surface area contributed by atoms with Crippen LogP contribution in [0.15, 0.2) is 24.3 Å². The van der Waals surface area contributed by atoms with E-state index in [1.54, 1.807) is 6.20 Å². The zero-order valence-electron chi connectivity index (χ0n) is 5.83. The first-order chi connectivity index (χ1) is 5.38. The minimum Gasteiger partial charge on any atom is -0.493 e. The summed E-state index contributed by atoms with van der Waals surface area (Å²) in [6.07, 6.45) is 1.80. The molecule has 0 saturated carbocycles. The number of nitrogens with one attached hydrogen (secondary N) is 2. The van der Waals surface area contributed by atoms with Gasteiger partial charge in [-0.2, -0.15) is 0 Å². The van der Waals surface area contributed by atoms with Gasteiger partial charge in [0.25, 0.3) is 0 Å². The van der Waals surface area contributed by atoms with Gasteiger partial charge in [0, 0.05) is 16.6 Å². The maximum absolute atomic E-state index is 9.28. The van der Waals surface area contributed by atoms with E-state index in [0.717, 1.165) is 10.4 Å². The molecular weight excluding hydrogens is 140 g/mol. The van der Waals surface area contributed by atoms with E-state index in [2.05, 4.69) is 10.9 Å². The monoisotopic (exact) mass is 148 g/mol. The lowest BCUT2D eigenvalue weighted by Gasteiger charge is -2.08. The number of aliphatic hydroxyl groups is 1. The molecule has 1 aliphatic heterocycles. The largest absolute Gasteiger partial charge is 0.493 e. The van der Waals surface area contributed by atoms with Crippen molar-refractivity contribution < 1.29 is 5.11 Å². The van der Waals surface area contributed by atoms with E-state index in [9.17, 15) is 5.11 Å². The molecule has 11 heavy (non-hydrogen) atoms. The average molecular weight is 148 g/mol. The third-order valence-electron chi connectivity index (χ3n) is 1.63. The predicted octanol–water partition coefficient (Wildman–Crippen LogP) is -0.844. The smallest absolute Gasteiger partial charge is 0.211 e. The minimum absolute atomic E-state index is 0.170. The highest BCUT2D eigenvalue weighted by Crippen LogP contribution is 1.79. The van der Waals surface area contributed by atoms with Crippen molar-refractivity contribution in [2.75, 3.05) is 0 Å². The van der Waals surface area contributed by atoms with Crippen molar-refractivity contribution in [2.24, 2.45) is 0 Å². The molecule has 3 heteroatoms. The maximum atomic E-state index is 9.28. The molecule has 0 radical (unpaired) electrons. The van der Waals surface area contributed by atoms with Crippen molar-refractivity contribution in [2.45, 2.75) is 0 Å². The SMILES string of the molecule is OC1=c2ccccc2=CNN1. The number of fused-ring (bicyclic) bond motifs is 1. The maximum Gasteiger partial charge on any atom is 0.211 e. The molecule has 1 aromatic carbocycles. The van der Waals surface area contributed by atoms with E-state index < -0.39 is 0 Å². The highest BCUT2D eigenvalue weighted by molar-refractivity contribution is 5.40. The predicted molar refractivity (Wildman–Crippen MR) is 42.5 cm³/mol. The molecule has 3 nitrogen and oxygen atoms in total. The Morgan fingerprint density at radius 2 is 2.00 bits per heavy atom. The summed E-state index contributed by atoms with van der Waals surface area (Å²) in [4.78, 5) is 0. The first kappa shape index (κ1) is 6.09. The minimum atomic E-state index is 0.170. The van der Waals surface area contributed by atoms with Gasteiger partial charge < -0.3 is 10.5 Å². The number of hydrogen-bond donors (Lipinski definition) is 3. The highest BCUT2D eigenvalue weighted by Gasteiger charge is 1.97. The number of aliphatic hydroxyl groups excluding tert-OH is 1. The van der Waals surface area contributed by atoms with E-state index >= 15 is 0 Å². The summed E-state index contributed by atoms with van der Waals surface area (Å²) in [5.41, 5.74) is 5.33. The summed E-state index contributed by atoms with van der Waals surface area (Å²) in [6.45, 7) is 0. The lowest BCUT2D eigenvalue weighted by molar-refractivity contribution is 0.445. The van der Waals surface area contributed by atoms with Gasteiger partial charge in [0.05, 0.1) is 0 Å². The Kier molecular flexibility index (Phi) is 1.22. The molecule has 0 saturated heterocycles. The molecule has 2 rings (SSSR count). The van der Waals surface area contributed by atoms with Gasteiger partial charge in [-0.3, -0.25) is 5.43 Å². The fourth-order valence-electron chi connectivity index (χ4n) is 1.09. The Hall–Kier alpha value is -1.64. The van der Waals surface area contributed by atoms with Crippen LogP contribution in [-0.2, 0) is 0 Å². The standard InChI is InChI=1S/C8H8N2O/c11-8-7-4-2-1-3-6(7)5-9-10-8/h1-5,9-11H. The lowest BCUT2D eigenvalue weighted by atomic mass is 10.2. The Morgan fingerprint density at radius 1 is 1.18 bits per heavy atom. The van der Waals surface area contributed by atoms with Crippen molar-refractivity contribution in [3.8, 4) is 0 Å². The van der Waals surface area contributed by atoms with E-state index in [-0.39, 0.29) is 5.88 Å². The zero-order valence-corrected chi connectivity index (χ0v) is 5.83. The number of rotatable bonds is 0. The van der Waals surface area contributed by atoms with Crippen molar-refractivity contribution in [1.29, 1.82) is 0 Å². The topological polar surface area (TPSA) is 44.3 Å². The molecule has 0 aliphatic carbocycles. The lowest BCUT2D eigenvalue weighted by Crippen LogP contribution is -2.42. The molecule has 1 heterocycles. The Bertz CT molecular complexity index is 383. The molecule has 56 valence electrons. The van der Waals surface area contributed by atoms with Gasteiger partial charge in [-0.15, -0.1) is 0 Å². The Morgan fingerprint density at radius 3 is 2.82 bits per heavy atom. The van der Waals surface area contributed by atoms with Crippen LogP contribution in [0.4, 0.5) is 0 Å². The quantitative estimate of drug-likeness (QED) is 0.449. The molecule has 0 aromatic heterocycles. The van der Waals surface area contributed by atoms with Gasteiger partial charge in [-0.25, -0.2) is 0 Å². The van der Waals surface area contributed by atoms with Crippen LogP contribution in [0.25, 0.3) is 12.1 Å². The summed E-state index contributed by atoms with van der Waals surface area (Å²) in [5.74, 6) is 0.170.